The molecule has 8 aromatic rings. The monoisotopic (exact) mass is 1160 g/mol. The van der Waals surface area contributed by atoms with Crippen molar-refractivity contribution in [1.29, 1.82) is 0 Å². The first-order chi connectivity index (χ1) is 36.4. The van der Waals surface area contributed by atoms with Crippen LogP contribution in [0.1, 0.15) is 152 Å². The van der Waals surface area contributed by atoms with Gasteiger partial charge in [0.1, 0.15) is 0 Å². The molecule has 2 nitrogen and oxygen atoms in total. The molecule has 4 radical (unpaired) electrons. The van der Waals surface area contributed by atoms with Crippen LogP contribution in [0.2, 0.25) is 0 Å². The third-order valence-electron chi connectivity index (χ3n) is 14.1. The maximum atomic E-state index is 2.56. The Bertz CT molecular complexity index is 2710. The Morgan fingerprint density at radius 3 is 0.724 bits per heavy atom. The van der Waals surface area contributed by atoms with Crippen LogP contribution in [-0.2, 0) is 0 Å². The minimum absolute atomic E-state index is 0.150. The number of anilines is 2. The van der Waals surface area contributed by atoms with Gasteiger partial charge in [-0.15, -0.1) is 0 Å². The van der Waals surface area contributed by atoms with E-state index in [1.807, 2.05) is 0 Å². The van der Waals surface area contributed by atoms with Crippen LogP contribution in [0.25, 0.3) is 0 Å². The van der Waals surface area contributed by atoms with Gasteiger partial charge >= 0.3 is 211 Å². The second-order valence-corrected chi connectivity index (χ2v) is 35.8. The summed E-state index contributed by atoms with van der Waals surface area (Å²) >= 11 is -0.300. The molecule has 0 saturated heterocycles. The summed E-state index contributed by atoms with van der Waals surface area (Å²) < 4.78 is 3.58. The van der Waals surface area contributed by atoms with E-state index in [-0.39, 0.29) is 25.8 Å². The van der Waals surface area contributed by atoms with Crippen molar-refractivity contribution in [3.05, 3.63) is 228 Å². The van der Waals surface area contributed by atoms with Gasteiger partial charge in [0.05, 0.1) is 0 Å². The molecule has 392 valence electrons. The molecule has 0 aliphatic rings. The fourth-order valence-electron chi connectivity index (χ4n) is 9.85. The number of hydrogen-bond acceptors (Lipinski definition) is 2. The summed E-state index contributed by atoms with van der Waals surface area (Å²) in [6.07, 6.45) is 0. The van der Waals surface area contributed by atoms with E-state index in [1.54, 1.807) is 31.0 Å². The van der Waals surface area contributed by atoms with Crippen molar-refractivity contribution >= 4 is 94.7 Å². The van der Waals surface area contributed by atoms with Gasteiger partial charge in [-0.05, 0) is 22.5 Å². The first-order valence-corrected chi connectivity index (χ1v) is 39.4. The van der Waals surface area contributed by atoms with Crippen LogP contribution in [0.3, 0.4) is 0 Å². The zero-order valence-corrected chi connectivity index (χ0v) is 55.0. The van der Waals surface area contributed by atoms with Crippen LogP contribution in [0, 0.1) is 0 Å². The Kier molecular flexibility index (Phi) is 23.0. The molecule has 6 heteroatoms. The van der Waals surface area contributed by atoms with E-state index in [1.165, 1.54) is 53.6 Å². The van der Waals surface area contributed by atoms with Gasteiger partial charge in [0.15, 0.2) is 17.6 Å². The average molecular weight is 1160 g/mol. The molecule has 0 saturated carbocycles. The van der Waals surface area contributed by atoms with Crippen LogP contribution < -0.4 is 49.7 Å². The van der Waals surface area contributed by atoms with Crippen molar-refractivity contribution in [3.8, 4) is 0 Å². The van der Waals surface area contributed by atoms with Gasteiger partial charge in [0.25, 0.3) is 0 Å². The summed E-state index contributed by atoms with van der Waals surface area (Å²) in [4.78, 5) is 4.43. The molecular formula is C70H86Ge2N2Si2. The smallest absolute Gasteiger partial charge is 0.157 e. The Labute approximate surface area is 475 Å². The molecule has 8 rings (SSSR count). The summed E-state index contributed by atoms with van der Waals surface area (Å²) in [5, 5.41) is 8.58. The van der Waals surface area contributed by atoms with Crippen molar-refractivity contribution in [2.24, 2.45) is 0 Å². The van der Waals surface area contributed by atoms with E-state index < -0.39 is 17.6 Å². The summed E-state index contributed by atoms with van der Waals surface area (Å²) in [5.74, 6) is 3.61. The molecule has 0 fully saturated rings. The number of nitrogens with zero attached hydrogens (tertiary/aromatic N) is 2. The fourth-order valence-corrected chi connectivity index (χ4v) is 29.3. The molecule has 0 heterocycles. The van der Waals surface area contributed by atoms with Gasteiger partial charge in [-0.3, -0.25) is 0 Å². The number of para-hydroxylation sites is 2. The Balaban J connectivity index is 0.000000190. The van der Waals surface area contributed by atoms with E-state index >= 15 is 0 Å². The number of rotatable bonds is 16. The van der Waals surface area contributed by atoms with Gasteiger partial charge in [-0.2, -0.15) is 0 Å². The summed E-state index contributed by atoms with van der Waals surface area (Å²) in [7, 11) is 6.49. The Hall–Kier alpha value is -5.12. The summed E-state index contributed by atoms with van der Waals surface area (Å²) in [6.45, 7) is 28.6. The second-order valence-electron chi connectivity index (χ2n) is 22.4. The molecule has 8 aromatic carbocycles. The first-order valence-electron chi connectivity index (χ1n) is 27.8. The normalized spacial score (nSPS) is 11.5. The molecule has 0 aromatic heterocycles. The molecule has 0 atom stereocenters. The van der Waals surface area contributed by atoms with Gasteiger partial charge < -0.3 is 9.80 Å². The van der Waals surface area contributed by atoms with Crippen molar-refractivity contribution in [3.63, 3.8) is 0 Å². The van der Waals surface area contributed by atoms with Gasteiger partial charge in [-0.1, -0.05) is 178 Å². The third-order valence-corrected chi connectivity index (χ3v) is 30.3. The van der Waals surface area contributed by atoms with Crippen LogP contribution >= 0.6 is 0 Å². The van der Waals surface area contributed by atoms with Gasteiger partial charge in [0, 0.05) is 39.6 Å². The first kappa shape index (κ1) is 60.1. The molecule has 0 bridgehead atoms. The number of benzene rings is 8. The van der Waals surface area contributed by atoms with E-state index in [2.05, 4.69) is 315 Å². The molecule has 0 amide bonds. The predicted octanol–water partition coefficient (Wildman–Crippen LogP) is 12.2. The Morgan fingerprint density at radius 2 is 0.513 bits per heavy atom. The van der Waals surface area contributed by atoms with Crippen molar-refractivity contribution in [2.75, 3.05) is 38.0 Å². The molecule has 0 aliphatic heterocycles. The zero-order valence-electron chi connectivity index (χ0n) is 48.8. The summed E-state index contributed by atoms with van der Waals surface area (Å²) in [6, 6.07) is 71.3. The largest absolute Gasteiger partial charge is 0.378 e. The van der Waals surface area contributed by atoms with Crippen LogP contribution in [0.5, 0.6) is 0 Å². The van der Waals surface area contributed by atoms with Crippen molar-refractivity contribution < 1.29 is 0 Å². The molecular weight excluding hydrogens is 1070 g/mol. The minimum Gasteiger partial charge on any atom is -0.378 e. The van der Waals surface area contributed by atoms with E-state index in [4.69, 9.17) is 0 Å². The van der Waals surface area contributed by atoms with Crippen molar-refractivity contribution in [1.82, 2.24) is 0 Å². The molecule has 0 N–H and O–H groups in total. The predicted molar refractivity (Wildman–Crippen MR) is 345 cm³/mol. The molecule has 0 spiro atoms. The summed E-state index contributed by atoms with van der Waals surface area (Å²) in [5.41, 5.74) is 12.3. The van der Waals surface area contributed by atoms with E-state index in [0.717, 1.165) is 0 Å². The molecule has 76 heavy (non-hydrogen) atoms. The van der Waals surface area contributed by atoms with Crippen LogP contribution in [0.15, 0.2) is 194 Å². The third kappa shape index (κ3) is 15.8. The van der Waals surface area contributed by atoms with E-state index in [9.17, 15) is 0 Å². The Morgan fingerprint density at radius 1 is 0.289 bits per heavy atom. The zero-order chi connectivity index (χ0) is 55.1. The number of hydrogen-bond donors (Lipinski definition) is 0. The SMILES string of the molecule is CC(C)c1cc(C(C)C)[c]([Ge]=[Ge][c]2c(C(C)C)cc(C(C)C)cc2C(C)C)c(C(C)C)c1.CN(C)c1ccccc1[Si](c1ccccc1)c1ccccc1.CN(C)c1ccccc1[Si](c1ccccc1)c1ccccc1. The van der Waals surface area contributed by atoms with Gasteiger partial charge in [0.2, 0.25) is 0 Å². The minimum atomic E-state index is -0.993. The van der Waals surface area contributed by atoms with Crippen LogP contribution in [-0.4, -0.2) is 71.6 Å². The maximum Gasteiger partial charge on any atom is 0.157 e. The fraction of sp³-hybridized carbons (Fsp3) is 0.314. The quantitative estimate of drug-likeness (QED) is 0.0703. The average Bonchev–Trinajstić information content (AvgIpc) is 3.42. The molecule has 0 unspecified atom stereocenters. The van der Waals surface area contributed by atoms with Gasteiger partial charge in [-0.25, -0.2) is 0 Å². The topological polar surface area (TPSA) is 6.48 Å². The molecule has 0 aliphatic carbocycles. The van der Waals surface area contributed by atoms with Crippen LogP contribution in [0.4, 0.5) is 11.4 Å². The second kappa shape index (κ2) is 29.0. The van der Waals surface area contributed by atoms with Crippen molar-refractivity contribution in [2.45, 2.75) is 119 Å². The van der Waals surface area contributed by atoms with E-state index in [0.29, 0.717) is 35.5 Å². The maximum absolute atomic E-state index is 2.56. The standard InChI is InChI=1S/C30H46Ge2.2C20H20NSi/c1-17(2)23-13-25(19(5)6)29(26(14-23)20(7)8)31-32-30-27(21(9)10)15-24(18(3)4)16-28(30)22(11)12;2*1-21(2)19-15-9-10-16-20(19)22(17-11-5-3-6-12-17)18-13-7-4-8-14-18/h13-22H,1-12H3;2*3-16H,1-2H3.